The van der Waals surface area contributed by atoms with Crippen LogP contribution in [0.4, 0.5) is 15.9 Å². The summed E-state index contributed by atoms with van der Waals surface area (Å²) < 4.78 is 21.1. The van der Waals surface area contributed by atoms with Crippen LogP contribution in [0.3, 0.4) is 0 Å². The van der Waals surface area contributed by atoms with Crippen molar-refractivity contribution in [3.8, 4) is 17.0 Å². The van der Waals surface area contributed by atoms with Gasteiger partial charge >= 0.3 is 0 Å². The first-order chi connectivity index (χ1) is 30.6. The first-order valence-corrected chi connectivity index (χ1v) is 21.8. The largest absolute Gasteiger partial charge is 0.496 e. The molecule has 1 aliphatic carbocycles. The summed E-state index contributed by atoms with van der Waals surface area (Å²) in [4.78, 5) is 68.4. The minimum atomic E-state index is -0.609. The van der Waals surface area contributed by atoms with Crippen LogP contribution in [0.1, 0.15) is 76.4 Å². The Morgan fingerprint density at radius 3 is 2.37 bits per heavy atom. The number of nitrogens with two attached hydrogens (primary N) is 1. The fourth-order valence-corrected chi connectivity index (χ4v) is 10.1. The van der Waals surface area contributed by atoms with Crippen molar-refractivity contribution < 1.29 is 28.3 Å². The van der Waals surface area contributed by atoms with Gasteiger partial charge in [0.1, 0.15) is 35.4 Å². The highest BCUT2D eigenvalue weighted by atomic mass is 19.1. The number of carbonyl (C=O) groups excluding carboxylic acids is 4. The number of nitrogens with one attached hydrogen (secondary N) is 2. The molecule has 10 rings (SSSR count). The molecule has 17 heteroatoms. The molecule has 1 atom stereocenters. The Bertz CT molecular complexity index is 2600. The topological polar surface area (TPSA) is 184 Å². The van der Waals surface area contributed by atoms with Gasteiger partial charge in [0.25, 0.3) is 11.8 Å². The van der Waals surface area contributed by atoms with E-state index in [0.717, 1.165) is 97.3 Å². The first kappa shape index (κ1) is 40.6. The lowest BCUT2D eigenvalue weighted by molar-refractivity contribution is -0.136. The van der Waals surface area contributed by atoms with Crippen LogP contribution in [-0.2, 0) is 22.7 Å². The smallest absolute Gasteiger partial charge is 0.255 e. The number of methoxy groups -OCH3 is 1. The number of imide groups is 1. The number of nitrogen functional groups attached to an aromatic ring is 1. The molecule has 4 aliphatic heterocycles. The Morgan fingerprint density at radius 1 is 0.889 bits per heavy atom. The number of hydrogen-bond donors (Lipinski definition) is 3. The van der Waals surface area contributed by atoms with Crippen molar-refractivity contribution in [1.82, 2.24) is 45.1 Å². The lowest BCUT2D eigenvalue weighted by Crippen LogP contribution is -2.59. The average molecular weight is 856 g/mol. The SMILES string of the molecule is COc1ccc(F)cc1C(=O)NCc1ccc(-c2nn(C3CCN(C4CC(N5CCN(c6ccc7c(c6)CN([C@@H]6CCC(=O)NC6=O)C7=O)CC5)C4)CC3)c3ncnc(N)c23)cc1. The number of likely N-dealkylation sites (tertiary alicyclic amines) is 1. The van der Waals surface area contributed by atoms with E-state index in [2.05, 4.69) is 41.4 Å². The van der Waals surface area contributed by atoms with E-state index in [1.54, 1.807) is 4.90 Å². The molecule has 2 aromatic heterocycles. The highest BCUT2D eigenvalue weighted by Crippen LogP contribution is 2.38. The van der Waals surface area contributed by atoms with E-state index in [4.69, 9.17) is 15.6 Å². The summed E-state index contributed by atoms with van der Waals surface area (Å²) >= 11 is 0. The molecule has 0 bridgehead atoms. The number of aromatic nitrogens is 4. The van der Waals surface area contributed by atoms with Crippen molar-refractivity contribution in [2.45, 2.75) is 75.8 Å². The number of anilines is 2. The van der Waals surface area contributed by atoms with Crippen molar-refractivity contribution in [2.75, 3.05) is 57.0 Å². The number of piperidine rings is 2. The standard InChI is InChI=1S/C46H50FN11O5/c1-63-38-10-6-30(47)21-36(38)44(60)49-24-27-2-4-28(5-3-27)41-40-42(48)50-26-51-43(40)58(53-41)31-12-14-54(15-13-31)33-22-34(23-33)56-18-16-55(17-19-56)32-7-8-35-29(20-32)25-57(46(35)62)37-9-11-39(59)52-45(37)61/h2-8,10,20-21,26,31,33-34,37H,9,11-19,22-25H2,1H3,(H,49,60)(H2,48,50,51)(H,52,59,61)/t33?,34?,37-/m1/s1. The summed E-state index contributed by atoms with van der Waals surface area (Å²) in [6, 6.07) is 18.3. The Labute approximate surface area is 363 Å². The van der Waals surface area contributed by atoms with Crippen LogP contribution in [0.5, 0.6) is 5.75 Å². The lowest BCUT2D eigenvalue weighted by Gasteiger charge is -2.51. The van der Waals surface area contributed by atoms with Gasteiger partial charge < -0.3 is 30.5 Å². The number of rotatable bonds is 10. The van der Waals surface area contributed by atoms with Gasteiger partial charge in [0.2, 0.25) is 11.8 Å². The quantitative estimate of drug-likeness (QED) is 0.173. The molecule has 0 spiro atoms. The number of fused-ring (bicyclic) bond motifs is 2. The normalized spacial score (nSPS) is 22.3. The van der Waals surface area contributed by atoms with Gasteiger partial charge in [-0.05, 0) is 79.6 Å². The van der Waals surface area contributed by atoms with E-state index in [9.17, 15) is 23.6 Å². The van der Waals surface area contributed by atoms with Crippen molar-refractivity contribution >= 4 is 46.2 Å². The second-order valence-electron chi connectivity index (χ2n) is 17.3. The summed E-state index contributed by atoms with van der Waals surface area (Å²) in [6.07, 6.45) is 6.33. The molecular weight excluding hydrogens is 806 g/mol. The van der Waals surface area contributed by atoms with Crippen molar-refractivity contribution in [1.29, 1.82) is 0 Å². The zero-order chi connectivity index (χ0) is 43.4. The fraction of sp³-hybridized carbons (Fsp3) is 0.413. The van der Waals surface area contributed by atoms with E-state index >= 15 is 0 Å². The maximum Gasteiger partial charge on any atom is 0.255 e. The molecule has 326 valence electrons. The molecule has 4 fully saturated rings. The van der Waals surface area contributed by atoms with E-state index in [-0.39, 0.29) is 42.3 Å². The van der Waals surface area contributed by atoms with Gasteiger partial charge in [0.05, 0.1) is 24.1 Å². The third kappa shape index (κ3) is 7.73. The summed E-state index contributed by atoms with van der Waals surface area (Å²) in [7, 11) is 1.44. The van der Waals surface area contributed by atoms with Gasteiger partial charge in [-0.2, -0.15) is 5.10 Å². The summed E-state index contributed by atoms with van der Waals surface area (Å²) in [5.41, 5.74) is 12.4. The summed E-state index contributed by atoms with van der Waals surface area (Å²) in [6.45, 7) is 6.41. The number of carbonyl (C=O) groups is 4. The highest BCUT2D eigenvalue weighted by molar-refractivity contribution is 6.05. The molecule has 4 N–H and O–H groups in total. The van der Waals surface area contributed by atoms with Crippen LogP contribution >= 0.6 is 0 Å². The van der Waals surface area contributed by atoms with Crippen LogP contribution in [-0.4, -0.2) is 123 Å². The van der Waals surface area contributed by atoms with Crippen LogP contribution in [0.15, 0.2) is 67.0 Å². The number of nitrogens with zero attached hydrogens (tertiary/aromatic N) is 8. The monoisotopic (exact) mass is 855 g/mol. The van der Waals surface area contributed by atoms with Gasteiger partial charge in [0.15, 0.2) is 5.65 Å². The molecule has 63 heavy (non-hydrogen) atoms. The van der Waals surface area contributed by atoms with E-state index in [1.165, 1.54) is 38.4 Å². The number of amides is 4. The third-order valence-corrected chi connectivity index (χ3v) is 13.8. The summed E-state index contributed by atoms with van der Waals surface area (Å²) in [5.74, 6) is -1.08. The second-order valence-corrected chi connectivity index (χ2v) is 17.3. The maximum atomic E-state index is 13.9. The molecular formula is C46H50FN11O5. The van der Waals surface area contributed by atoms with Gasteiger partial charge in [-0.1, -0.05) is 24.3 Å². The molecule has 5 aliphatic rings. The zero-order valence-electron chi connectivity index (χ0n) is 35.1. The van der Waals surface area contributed by atoms with Crippen LogP contribution in [0.25, 0.3) is 22.3 Å². The second kappa shape index (κ2) is 16.7. The number of ether oxygens (including phenoxy) is 1. The van der Waals surface area contributed by atoms with Crippen molar-refractivity contribution in [2.24, 2.45) is 0 Å². The number of hydrogen-bond acceptors (Lipinski definition) is 12. The van der Waals surface area contributed by atoms with Crippen molar-refractivity contribution in [3.05, 3.63) is 95.1 Å². The predicted molar refractivity (Wildman–Crippen MR) is 232 cm³/mol. The van der Waals surface area contributed by atoms with Crippen LogP contribution in [0.2, 0.25) is 0 Å². The van der Waals surface area contributed by atoms with Crippen LogP contribution < -0.4 is 26.0 Å². The van der Waals surface area contributed by atoms with E-state index < -0.39 is 17.8 Å². The van der Waals surface area contributed by atoms with E-state index in [0.29, 0.717) is 42.2 Å². The minimum absolute atomic E-state index is 0.133. The molecule has 16 nitrogen and oxygen atoms in total. The zero-order valence-corrected chi connectivity index (χ0v) is 35.1. The minimum Gasteiger partial charge on any atom is -0.496 e. The molecule has 5 aromatic rings. The highest BCUT2D eigenvalue weighted by Gasteiger charge is 2.41. The molecule has 4 amide bonds. The van der Waals surface area contributed by atoms with Gasteiger partial charge in [0, 0.05) is 87.7 Å². The average Bonchev–Trinajstić information content (AvgIpc) is 3.84. The van der Waals surface area contributed by atoms with Gasteiger partial charge in [-0.25, -0.2) is 19.0 Å². The van der Waals surface area contributed by atoms with Crippen LogP contribution in [0, 0.1) is 5.82 Å². The van der Waals surface area contributed by atoms with E-state index in [1.807, 2.05) is 41.1 Å². The molecule has 6 heterocycles. The third-order valence-electron chi connectivity index (χ3n) is 13.8. The van der Waals surface area contributed by atoms with Gasteiger partial charge in [-0.3, -0.25) is 29.4 Å². The maximum absolute atomic E-state index is 13.9. The first-order valence-electron chi connectivity index (χ1n) is 21.8. The fourth-order valence-electron chi connectivity index (χ4n) is 10.1. The number of halogens is 1. The Hall–Kier alpha value is -6.46. The Morgan fingerprint density at radius 2 is 1.63 bits per heavy atom. The predicted octanol–water partition coefficient (Wildman–Crippen LogP) is 3.90. The van der Waals surface area contributed by atoms with Crippen molar-refractivity contribution in [3.63, 3.8) is 0 Å². The Balaban J connectivity index is 0.715. The molecule has 3 saturated heterocycles. The molecule has 3 aromatic carbocycles. The molecule has 0 unspecified atom stereocenters. The number of piperazine rings is 1. The molecule has 1 saturated carbocycles. The summed E-state index contributed by atoms with van der Waals surface area (Å²) in [5, 5.41) is 11.1. The molecule has 0 radical (unpaired) electrons. The van der Waals surface area contributed by atoms with Gasteiger partial charge in [-0.15, -0.1) is 0 Å². The Kier molecular flexibility index (Phi) is 10.7. The number of benzene rings is 3. The lowest BCUT2D eigenvalue weighted by atomic mass is 9.82.